The van der Waals surface area contributed by atoms with Gasteiger partial charge >= 0.3 is 0 Å². The lowest BCUT2D eigenvalue weighted by Gasteiger charge is -2.35. The molecule has 0 amide bonds. The minimum absolute atomic E-state index is 0.469. The fourth-order valence-corrected chi connectivity index (χ4v) is 21.1. The van der Waals surface area contributed by atoms with Crippen LogP contribution in [0.2, 0.25) is 0 Å². The van der Waals surface area contributed by atoms with Crippen molar-refractivity contribution < 1.29 is 4.42 Å². The number of aromatic nitrogens is 1. The number of fused-ring (bicyclic) bond motifs is 24. The predicted octanol–water partition coefficient (Wildman–Crippen LogP) is 31.7. The van der Waals surface area contributed by atoms with E-state index in [4.69, 9.17) is 4.42 Å². The maximum Gasteiger partial charge on any atom is 0.143 e. The summed E-state index contributed by atoms with van der Waals surface area (Å²) in [5.74, 6) is 0. The van der Waals surface area contributed by atoms with Crippen molar-refractivity contribution in [1.82, 2.24) is 4.57 Å². The maximum absolute atomic E-state index is 6.48. The minimum atomic E-state index is -0.517. The molecule has 2 spiro atoms. The molecule has 21 aromatic rings. The van der Waals surface area contributed by atoms with E-state index < -0.39 is 10.8 Å². The van der Waals surface area contributed by atoms with Crippen LogP contribution < -0.4 is 9.80 Å². The Morgan fingerprint density at radius 1 is 0.210 bits per heavy atom. The van der Waals surface area contributed by atoms with Gasteiger partial charge in [-0.2, -0.15) is 0 Å². The fraction of sp³-hybridized carbons (Fsp3) is 0.0167. The third-order valence-electron chi connectivity index (χ3n) is 26.4. The standard InChI is InChI=1S/C63H42N2.C57H37NO/c1-3-16-43(17-4-1)44-32-36-49(37-33-44)64(51-40-41-61-55(42-51)53-22-10-14-29-60(53)65(61)48-20-5-2-6-21-48)50-38-34-45(35-39-50)52-24-15-28-59-62(52)54-23-9-13-27-58(54)63(59)56-25-11-7-18-46(56)30-31-47-19-8-12-26-57(47)63;1-2-14-38(15-3-1)39-30-34-43(35-31-39)58(44-36-32-40(33-37-44)45-20-12-21-47-46-18-7-11-27-54(46)59-56(45)47)53-26-13-25-52-55(53)48-19-6-10-24-51(48)57(52)49-22-8-4-16-41(49)28-29-42-17-5-9-23-50(42)57/h1-42H;1-37H. The zero-order valence-corrected chi connectivity index (χ0v) is 67.9. The van der Waals surface area contributed by atoms with Gasteiger partial charge in [0.15, 0.2) is 0 Å². The molecule has 0 atom stereocenters. The van der Waals surface area contributed by atoms with Crippen LogP contribution in [0.15, 0.2) is 459 Å². The molecular weight excluding hydrogens is 1500 g/mol. The smallest absolute Gasteiger partial charge is 0.143 e. The Bertz CT molecular complexity index is 7730. The molecule has 0 saturated heterocycles. The first-order valence-electron chi connectivity index (χ1n) is 42.8. The Balaban J connectivity index is 0.000000140. The molecular formula is C120H79N3O. The van der Waals surface area contributed by atoms with Crippen molar-refractivity contribution in [3.63, 3.8) is 0 Å². The Labute approximate surface area is 721 Å². The number of nitrogens with zero attached hydrogens (tertiary/aromatic N) is 3. The van der Waals surface area contributed by atoms with Crippen LogP contribution >= 0.6 is 0 Å². The number of para-hydroxylation sites is 4. The van der Waals surface area contributed by atoms with Gasteiger partial charge in [-0.3, -0.25) is 0 Å². The Morgan fingerprint density at radius 2 is 0.565 bits per heavy atom. The average Bonchev–Trinajstić information content (AvgIpc) is 1.52. The van der Waals surface area contributed by atoms with Crippen LogP contribution in [-0.2, 0) is 10.8 Å². The maximum atomic E-state index is 6.48. The molecule has 0 N–H and O–H groups in total. The highest BCUT2D eigenvalue weighted by molar-refractivity contribution is 6.12. The number of furan rings is 1. The zero-order valence-electron chi connectivity index (χ0n) is 67.9. The highest BCUT2D eigenvalue weighted by Crippen LogP contribution is 2.63. The molecule has 0 bridgehead atoms. The summed E-state index contributed by atoms with van der Waals surface area (Å²) in [5, 5.41) is 4.71. The summed E-state index contributed by atoms with van der Waals surface area (Å²) in [5.41, 5.74) is 40.9. The highest BCUT2D eigenvalue weighted by atomic mass is 16.3. The largest absolute Gasteiger partial charge is 0.455 e. The number of anilines is 6. The van der Waals surface area contributed by atoms with Crippen LogP contribution in [0.1, 0.15) is 66.8 Å². The lowest BCUT2D eigenvalue weighted by molar-refractivity contribution is 0.670. The quantitative estimate of drug-likeness (QED) is 0.129. The molecule has 0 aliphatic heterocycles. The number of benzene rings is 19. The van der Waals surface area contributed by atoms with Crippen molar-refractivity contribution in [2.24, 2.45) is 0 Å². The summed E-state index contributed by atoms with van der Waals surface area (Å²) >= 11 is 0. The SMILES string of the molecule is C1=Cc2ccccc2C2(c3ccccc31)c1ccccc1-c1c(-c3ccc(N(c4ccc(-c5ccccc5)cc4)c4ccc5c(c4)c4ccccc4n5-c4ccccc4)cc3)cccc12.C1=Cc2ccccc2C2(c3ccccc31)c1ccccc1-c1c(N(c3ccc(-c4ccccc4)cc3)c3ccc(-c4cccc5c4oc4ccccc45)cc3)cccc12. The van der Waals surface area contributed by atoms with Crippen molar-refractivity contribution in [2.45, 2.75) is 10.8 Å². The Kier molecular flexibility index (Phi) is 17.0. The second-order valence-corrected chi connectivity index (χ2v) is 32.8. The molecule has 25 rings (SSSR count). The third-order valence-corrected chi connectivity index (χ3v) is 26.4. The lowest BCUT2D eigenvalue weighted by Crippen LogP contribution is -2.30. The molecule has 4 aliphatic carbocycles. The monoisotopic (exact) mass is 1580 g/mol. The lowest BCUT2D eigenvalue weighted by atomic mass is 9.66. The van der Waals surface area contributed by atoms with Crippen molar-refractivity contribution in [3.05, 3.63) is 522 Å². The van der Waals surface area contributed by atoms with Gasteiger partial charge in [0.25, 0.3) is 0 Å². The summed E-state index contributed by atoms with van der Waals surface area (Å²) in [6.45, 7) is 0. The summed E-state index contributed by atoms with van der Waals surface area (Å²) in [4.78, 5) is 4.85. The first-order valence-corrected chi connectivity index (χ1v) is 42.8. The van der Waals surface area contributed by atoms with Crippen LogP contribution in [0.25, 0.3) is 140 Å². The van der Waals surface area contributed by atoms with Gasteiger partial charge in [-0.1, -0.05) is 382 Å². The van der Waals surface area contributed by atoms with E-state index in [0.717, 1.165) is 72.9 Å². The van der Waals surface area contributed by atoms with Gasteiger partial charge in [-0.05, 0) is 219 Å². The second-order valence-electron chi connectivity index (χ2n) is 32.8. The summed E-state index contributed by atoms with van der Waals surface area (Å²) in [6, 6.07) is 166. The van der Waals surface area contributed by atoms with Crippen LogP contribution in [0.4, 0.5) is 34.1 Å². The van der Waals surface area contributed by atoms with Crippen molar-refractivity contribution >= 4 is 102 Å². The van der Waals surface area contributed by atoms with E-state index in [1.54, 1.807) is 0 Å². The van der Waals surface area contributed by atoms with Crippen molar-refractivity contribution in [1.29, 1.82) is 0 Å². The zero-order chi connectivity index (χ0) is 81.8. The Morgan fingerprint density at radius 3 is 1.10 bits per heavy atom. The minimum Gasteiger partial charge on any atom is -0.455 e. The molecule has 124 heavy (non-hydrogen) atoms. The van der Waals surface area contributed by atoms with E-state index in [1.165, 1.54) is 144 Å². The summed E-state index contributed by atoms with van der Waals surface area (Å²) < 4.78 is 8.86. The second kappa shape index (κ2) is 29.4. The van der Waals surface area contributed by atoms with E-state index in [1.807, 2.05) is 12.1 Å². The normalized spacial score (nSPS) is 13.1. The summed E-state index contributed by atoms with van der Waals surface area (Å²) in [6.07, 6.45) is 9.18. The molecule has 580 valence electrons. The van der Waals surface area contributed by atoms with Crippen LogP contribution in [0, 0.1) is 0 Å². The van der Waals surface area contributed by atoms with Crippen LogP contribution in [0.3, 0.4) is 0 Å². The average molecular weight is 1580 g/mol. The highest BCUT2D eigenvalue weighted by Gasteiger charge is 2.51. The van der Waals surface area contributed by atoms with E-state index in [-0.39, 0.29) is 0 Å². The van der Waals surface area contributed by atoms with Crippen molar-refractivity contribution in [2.75, 3.05) is 9.80 Å². The van der Waals surface area contributed by atoms with Gasteiger partial charge in [0.2, 0.25) is 0 Å². The van der Waals surface area contributed by atoms with Gasteiger partial charge in [-0.15, -0.1) is 0 Å². The van der Waals surface area contributed by atoms with Gasteiger partial charge in [-0.25, -0.2) is 0 Å². The van der Waals surface area contributed by atoms with E-state index in [2.05, 4.69) is 482 Å². The Hall–Kier alpha value is -16.1. The molecule has 19 aromatic carbocycles. The first-order chi connectivity index (χ1) is 61.5. The third kappa shape index (κ3) is 11.3. The van der Waals surface area contributed by atoms with E-state index >= 15 is 0 Å². The molecule has 4 aliphatic rings. The van der Waals surface area contributed by atoms with Crippen LogP contribution in [-0.4, -0.2) is 4.57 Å². The molecule has 2 aromatic heterocycles. The number of hydrogen-bond donors (Lipinski definition) is 0. The number of rotatable bonds is 11. The molecule has 0 fully saturated rings. The van der Waals surface area contributed by atoms with Gasteiger partial charge in [0, 0.05) is 66.8 Å². The fourth-order valence-electron chi connectivity index (χ4n) is 21.1. The van der Waals surface area contributed by atoms with Crippen molar-refractivity contribution in [3.8, 4) is 72.4 Å². The molecule has 0 radical (unpaired) electrons. The molecule has 2 heterocycles. The van der Waals surface area contributed by atoms with Crippen LogP contribution in [0.5, 0.6) is 0 Å². The van der Waals surface area contributed by atoms with E-state index in [0.29, 0.717) is 0 Å². The molecule has 4 nitrogen and oxygen atoms in total. The molecule has 0 unspecified atom stereocenters. The molecule has 4 heteroatoms. The van der Waals surface area contributed by atoms with Gasteiger partial charge in [0.05, 0.1) is 27.6 Å². The van der Waals surface area contributed by atoms with Gasteiger partial charge in [0.1, 0.15) is 11.2 Å². The number of hydrogen-bond acceptors (Lipinski definition) is 3. The summed E-state index contributed by atoms with van der Waals surface area (Å²) in [7, 11) is 0. The predicted molar refractivity (Wildman–Crippen MR) is 518 cm³/mol. The first kappa shape index (κ1) is 71.9. The topological polar surface area (TPSA) is 24.6 Å². The van der Waals surface area contributed by atoms with E-state index in [9.17, 15) is 0 Å². The molecule has 0 saturated carbocycles. The van der Waals surface area contributed by atoms with Gasteiger partial charge < -0.3 is 18.8 Å².